The van der Waals surface area contributed by atoms with Crippen LogP contribution in [0.3, 0.4) is 0 Å². The van der Waals surface area contributed by atoms with Gasteiger partial charge in [-0.15, -0.1) is 0 Å². The van der Waals surface area contributed by atoms with Crippen molar-refractivity contribution in [2.45, 2.75) is 19.4 Å². The molecule has 2 aromatic rings. The van der Waals surface area contributed by atoms with E-state index in [1.165, 1.54) is 12.3 Å². The van der Waals surface area contributed by atoms with Gasteiger partial charge in [-0.05, 0) is 30.9 Å². The third-order valence-corrected chi connectivity index (χ3v) is 2.95. The van der Waals surface area contributed by atoms with Crippen molar-refractivity contribution < 1.29 is 4.42 Å². The molecule has 2 heterocycles. The third kappa shape index (κ3) is 1.95. The topological polar surface area (TPSA) is 68.0 Å². The average molecular weight is 232 g/mol. The minimum atomic E-state index is -0.395. The SMILES string of the molecule is O=c1cc(-c2ccco2)n(CC2CC2)c(=O)[nH]1. The first-order valence-electron chi connectivity index (χ1n) is 5.62. The Morgan fingerprint density at radius 3 is 2.88 bits per heavy atom. The van der Waals surface area contributed by atoms with Crippen LogP contribution in [0.1, 0.15) is 12.8 Å². The number of nitrogens with zero attached hydrogens (tertiary/aromatic N) is 1. The molecule has 0 spiro atoms. The summed E-state index contributed by atoms with van der Waals surface area (Å²) in [5, 5.41) is 0. The van der Waals surface area contributed by atoms with Crippen LogP contribution in [0.5, 0.6) is 0 Å². The highest BCUT2D eigenvalue weighted by molar-refractivity contribution is 5.51. The number of hydrogen-bond acceptors (Lipinski definition) is 3. The Balaban J connectivity index is 2.16. The van der Waals surface area contributed by atoms with Crippen LogP contribution in [-0.4, -0.2) is 9.55 Å². The molecule has 1 N–H and O–H groups in total. The molecule has 0 unspecified atom stereocenters. The van der Waals surface area contributed by atoms with Crippen LogP contribution in [0.2, 0.25) is 0 Å². The second-order valence-electron chi connectivity index (χ2n) is 4.36. The third-order valence-electron chi connectivity index (χ3n) is 2.95. The largest absolute Gasteiger partial charge is 0.463 e. The number of rotatable bonds is 3. The molecule has 88 valence electrons. The predicted octanol–water partition coefficient (Wildman–Crippen LogP) is 1.21. The number of hydrogen-bond donors (Lipinski definition) is 1. The van der Waals surface area contributed by atoms with Gasteiger partial charge in [0.2, 0.25) is 0 Å². The van der Waals surface area contributed by atoms with Gasteiger partial charge in [0.25, 0.3) is 5.56 Å². The first kappa shape index (κ1) is 10.1. The number of aromatic nitrogens is 2. The van der Waals surface area contributed by atoms with E-state index in [-0.39, 0.29) is 5.69 Å². The van der Waals surface area contributed by atoms with Crippen LogP contribution in [0.25, 0.3) is 11.5 Å². The second kappa shape index (κ2) is 3.76. The molecule has 1 aliphatic carbocycles. The van der Waals surface area contributed by atoms with Crippen molar-refractivity contribution in [2.24, 2.45) is 5.92 Å². The minimum Gasteiger partial charge on any atom is -0.463 e. The van der Waals surface area contributed by atoms with Crippen LogP contribution in [0.15, 0.2) is 38.5 Å². The summed E-state index contributed by atoms with van der Waals surface area (Å²) in [6, 6.07) is 4.89. The first-order chi connectivity index (χ1) is 8.24. The molecule has 1 saturated carbocycles. The van der Waals surface area contributed by atoms with E-state index in [1.54, 1.807) is 16.7 Å². The van der Waals surface area contributed by atoms with Gasteiger partial charge in [0, 0.05) is 12.6 Å². The Morgan fingerprint density at radius 2 is 2.24 bits per heavy atom. The van der Waals surface area contributed by atoms with Gasteiger partial charge in [0.1, 0.15) is 0 Å². The van der Waals surface area contributed by atoms with Crippen LogP contribution in [0.4, 0.5) is 0 Å². The average Bonchev–Trinajstić information content (AvgIpc) is 2.93. The van der Waals surface area contributed by atoms with Crippen LogP contribution >= 0.6 is 0 Å². The molecule has 5 nitrogen and oxygen atoms in total. The number of nitrogens with one attached hydrogen (secondary N) is 1. The Morgan fingerprint density at radius 1 is 1.41 bits per heavy atom. The lowest BCUT2D eigenvalue weighted by atomic mass is 10.3. The summed E-state index contributed by atoms with van der Waals surface area (Å²) < 4.78 is 6.84. The number of furan rings is 1. The molecule has 0 aliphatic heterocycles. The molecule has 0 aromatic carbocycles. The van der Waals surface area contributed by atoms with Crippen LogP contribution in [-0.2, 0) is 6.54 Å². The molecule has 0 radical (unpaired) electrons. The summed E-state index contributed by atoms with van der Waals surface area (Å²) in [6.45, 7) is 0.644. The quantitative estimate of drug-likeness (QED) is 0.864. The molecule has 5 heteroatoms. The van der Waals surface area contributed by atoms with Crippen LogP contribution in [0, 0.1) is 5.92 Å². The first-order valence-corrected chi connectivity index (χ1v) is 5.62. The van der Waals surface area contributed by atoms with Gasteiger partial charge >= 0.3 is 5.69 Å². The van der Waals surface area contributed by atoms with Gasteiger partial charge in [-0.2, -0.15) is 0 Å². The van der Waals surface area contributed by atoms with E-state index in [0.29, 0.717) is 23.9 Å². The fourth-order valence-corrected chi connectivity index (χ4v) is 1.89. The maximum atomic E-state index is 11.8. The number of H-pyrrole nitrogens is 1. The molecule has 3 rings (SSSR count). The zero-order chi connectivity index (χ0) is 11.8. The van der Waals surface area contributed by atoms with E-state index in [1.807, 2.05) is 0 Å². The zero-order valence-corrected chi connectivity index (χ0v) is 9.18. The maximum Gasteiger partial charge on any atom is 0.328 e. The smallest absolute Gasteiger partial charge is 0.328 e. The Hall–Kier alpha value is -2.04. The summed E-state index contributed by atoms with van der Waals surface area (Å²) in [4.78, 5) is 25.4. The molecular formula is C12H12N2O3. The molecule has 0 bridgehead atoms. The van der Waals surface area contributed by atoms with E-state index in [4.69, 9.17) is 4.42 Å². The summed E-state index contributed by atoms with van der Waals surface area (Å²) in [5.41, 5.74) is -0.208. The van der Waals surface area contributed by atoms with E-state index in [2.05, 4.69) is 4.98 Å². The highest BCUT2D eigenvalue weighted by Crippen LogP contribution is 2.31. The normalized spacial score (nSPS) is 15.1. The lowest BCUT2D eigenvalue weighted by Gasteiger charge is -2.08. The Kier molecular flexibility index (Phi) is 2.24. The molecule has 0 saturated heterocycles. The maximum absolute atomic E-state index is 11.8. The van der Waals surface area contributed by atoms with Crippen molar-refractivity contribution in [3.63, 3.8) is 0 Å². The lowest BCUT2D eigenvalue weighted by molar-refractivity contribution is 0.550. The fourth-order valence-electron chi connectivity index (χ4n) is 1.89. The van der Waals surface area contributed by atoms with Gasteiger partial charge in [-0.25, -0.2) is 4.79 Å². The highest BCUT2D eigenvalue weighted by Gasteiger charge is 2.24. The van der Waals surface area contributed by atoms with E-state index in [9.17, 15) is 9.59 Å². The van der Waals surface area contributed by atoms with Crippen molar-refractivity contribution in [2.75, 3.05) is 0 Å². The minimum absolute atomic E-state index is 0.365. The summed E-state index contributed by atoms with van der Waals surface area (Å²) >= 11 is 0. The molecule has 0 amide bonds. The van der Waals surface area contributed by atoms with Gasteiger partial charge in [0.15, 0.2) is 5.76 Å². The van der Waals surface area contributed by atoms with E-state index in [0.717, 1.165) is 12.8 Å². The van der Waals surface area contributed by atoms with Gasteiger partial charge in [-0.1, -0.05) is 0 Å². The van der Waals surface area contributed by atoms with Crippen molar-refractivity contribution in [3.8, 4) is 11.5 Å². The highest BCUT2D eigenvalue weighted by atomic mass is 16.3. The van der Waals surface area contributed by atoms with Crippen molar-refractivity contribution in [3.05, 3.63) is 45.3 Å². The Labute approximate surface area is 96.7 Å². The molecular weight excluding hydrogens is 220 g/mol. The predicted molar refractivity (Wildman–Crippen MR) is 61.7 cm³/mol. The molecule has 1 aliphatic rings. The zero-order valence-electron chi connectivity index (χ0n) is 9.18. The monoisotopic (exact) mass is 232 g/mol. The fraction of sp³-hybridized carbons (Fsp3) is 0.333. The van der Waals surface area contributed by atoms with Crippen molar-refractivity contribution in [1.82, 2.24) is 9.55 Å². The standard InChI is InChI=1S/C12H12N2O3/c15-11-6-9(10-2-1-5-17-10)14(12(16)13-11)7-8-3-4-8/h1-2,5-6,8H,3-4,7H2,(H,13,15,16). The van der Waals surface area contributed by atoms with Gasteiger partial charge in [-0.3, -0.25) is 14.3 Å². The van der Waals surface area contributed by atoms with E-state index < -0.39 is 5.56 Å². The molecule has 17 heavy (non-hydrogen) atoms. The van der Waals surface area contributed by atoms with Crippen LogP contribution < -0.4 is 11.2 Å². The summed E-state index contributed by atoms with van der Waals surface area (Å²) in [5.74, 6) is 1.10. The van der Waals surface area contributed by atoms with E-state index >= 15 is 0 Å². The van der Waals surface area contributed by atoms with Gasteiger partial charge < -0.3 is 4.42 Å². The molecule has 1 fully saturated rings. The molecule has 2 aromatic heterocycles. The van der Waals surface area contributed by atoms with Gasteiger partial charge in [0.05, 0.1) is 12.0 Å². The second-order valence-corrected chi connectivity index (χ2v) is 4.36. The summed E-state index contributed by atoms with van der Waals surface area (Å²) in [7, 11) is 0. The lowest BCUT2D eigenvalue weighted by Crippen LogP contribution is -2.31. The van der Waals surface area contributed by atoms with Crippen molar-refractivity contribution >= 4 is 0 Å². The summed E-state index contributed by atoms with van der Waals surface area (Å²) in [6.07, 6.45) is 3.81. The van der Waals surface area contributed by atoms with Crippen molar-refractivity contribution in [1.29, 1.82) is 0 Å². The number of aromatic amines is 1. The Bertz CT molecular complexity index is 633. The molecule has 0 atom stereocenters.